The molecule has 3 heteroatoms. The van der Waals surface area contributed by atoms with Crippen LogP contribution in [0, 0.1) is 17.2 Å². The van der Waals surface area contributed by atoms with Crippen molar-refractivity contribution in [3.05, 3.63) is 23.8 Å². The predicted octanol–water partition coefficient (Wildman–Crippen LogP) is 2.77. The fourth-order valence-corrected chi connectivity index (χ4v) is 2.57. The summed E-state index contributed by atoms with van der Waals surface area (Å²) in [5.74, 6) is 0.674. The van der Waals surface area contributed by atoms with E-state index in [1.54, 1.807) is 6.07 Å². The second-order valence-electron chi connectivity index (χ2n) is 4.94. The number of piperidine rings is 1. The lowest BCUT2D eigenvalue weighted by Gasteiger charge is -2.40. The van der Waals surface area contributed by atoms with E-state index in [-0.39, 0.29) is 0 Å². The minimum atomic E-state index is 0.486. The first-order valence-electron chi connectivity index (χ1n) is 6.19. The molecule has 2 N–H and O–H groups in total. The van der Waals surface area contributed by atoms with E-state index in [1.165, 1.54) is 12.8 Å². The molecule has 1 heterocycles. The summed E-state index contributed by atoms with van der Waals surface area (Å²) in [6, 6.07) is 8.35. The number of nitrogens with two attached hydrogens (primary N) is 1. The summed E-state index contributed by atoms with van der Waals surface area (Å²) in [6.45, 7) is 5.55. The number of hydrogen-bond donors (Lipinski definition) is 1. The van der Waals surface area contributed by atoms with Gasteiger partial charge in [-0.15, -0.1) is 0 Å². The second-order valence-corrected chi connectivity index (χ2v) is 4.94. The zero-order chi connectivity index (χ0) is 12.4. The van der Waals surface area contributed by atoms with Gasteiger partial charge in [0.2, 0.25) is 0 Å². The number of hydrogen-bond acceptors (Lipinski definition) is 3. The molecule has 3 nitrogen and oxygen atoms in total. The van der Waals surface area contributed by atoms with Gasteiger partial charge in [0.1, 0.15) is 6.07 Å². The predicted molar refractivity (Wildman–Crippen MR) is 70.8 cm³/mol. The lowest BCUT2D eigenvalue weighted by atomic mass is 9.91. The summed E-state index contributed by atoms with van der Waals surface area (Å²) in [7, 11) is 0. The zero-order valence-corrected chi connectivity index (χ0v) is 10.5. The van der Waals surface area contributed by atoms with Crippen molar-refractivity contribution in [1.29, 1.82) is 5.26 Å². The van der Waals surface area contributed by atoms with Crippen LogP contribution in [0.1, 0.15) is 32.3 Å². The van der Waals surface area contributed by atoms with Crippen molar-refractivity contribution >= 4 is 11.4 Å². The lowest BCUT2D eigenvalue weighted by molar-refractivity contribution is 0.363. The first kappa shape index (κ1) is 11.8. The van der Waals surface area contributed by atoms with E-state index >= 15 is 0 Å². The van der Waals surface area contributed by atoms with Crippen molar-refractivity contribution in [2.24, 2.45) is 5.92 Å². The van der Waals surface area contributed by atoms with Crippen LogP contribution in [0.15, 0.2) is 18.2 Å². The molecule has 0 aliphatic carbocycles. The minimum absolute atomic E-state index is 0.486. The zero-order valence-electron chi connectivity index (χ0n) is 10.5. The third-order valence-corrected chi connectivity index (χ3v) is 3.82. The second kappa shape index (κ2) is 4.67. The molecule has 1 aliphatic heterocycles. The van der Waals surface area contributed by atoms with Gasteiger partial charge in [0.25, 0.3) is 0 Å². The van der Waals surface area contributed by atoms with Gasteiger partial charge in [-0.1, -0.05) is 6.92 Å². The fourth-order valence-electron chi connectivity index (χ4n) is 2.57. The lowest BCUT2D eigenvalue weighted by Crippen LogP contribution is -2.42. The Kier molecular flexibility index (Phi) is 3.23. The van der Waals surface area contributed by atoms with Gasteiger partial charge in [0.15, 0.2) is 0 Å². The maximum absolute atomic E-state index is 9.19. The molecular formula is C14H19N3. The number of nitrogens with zero attached hydrogens (tertiary/aromatic N) is 2. The van der Waals surface area contributed by atoms with E-state index in [4.69, 9.17) is 5.73 Å². The van der Waals surface area contributed by atoms with Crippen LogP contribution in [0.25, 0.3) is 0 Å². The summed E-state index contributed by atoms with van der Waals surface area (Å²) in [5, 5.41) is 9.19. The molecule has 1 aromatic rings. The summed E-state index contributed by atoms with van der Waals surface area (Å²) >= 11 is 0. The standard InChI is InChI=1S/C14H19N3/c1-10-4-3-7-17(11(10)2)14-6-5-13(16)8-12(14)9-15/h5-6,8,10-11H,3-4,7,16H2,1-2H3. The van der Waals surface area contributed by atoms with Crippen LogP contribution in [0.4, 0.5) is 11.4 Å². The Hall–Kier alpha value is -1.69. The van der Waals surface area contributed by atoms with Gasteiger partial charge < -0.3 is 10.6 Å². The first-order valence-corrected chi connectivity index (χ1v) is 6.19. The van der Waals surface area contributed by atoms with Crippen LogP contribution in [-0.4, -0.2) is 12.6 Å². The van der Waals surface area contributed by atoms with Gasteiger partial charge in [0, 0.05) is 18.3 Å². The molecule has 2 unspecified atom stereocenters. The molecule has 90 valence electrons. The van der Waals surface area contributed by atoms with E-state index in [2.05, 4.69) is 24.8 Å². The molecule has 1 aliphatic rings. The Morgan fingerprint density at radius 1 is 1.41 bits per heavy atom. The SMILES string of the molecule is CC1CCCN(c2ccc(N)cc2C#N)C1C. The maximum Gasteiger partial charge on any atom is 0.101 e. The van der Waals surface area contributed by atoms with Crippen molar-refractivity contribution in [3.8, 4) is 6.07 Å². The van der Waals surface area contributed by atoms with E-state index < -0.39 is 0 Å². The number of rotatable bonds is 1. The van der Waals surface area contributed by atoms with E-state index in [0.29, 0.717) is 23.2 Å². The summed E-state index contributed by atoms with van der Waals surface area (Å²) < 4.78 is 0. The van der Waals surface area contributed by atoms with Crippen molar-refractivity contribution in [1.82, 2.24) is 0 Å². The van der Waals surface area contributed by atoms with Gasteiger partial charge in [-0.25, -0.2) is 0 Å². The number of anilines is 2. The monoisotopic (exact) mass is 229 g/mol. The highest BCUT2D eigenvalue weighted by Crippen LogP contribution is 2.31. The largest absolute Gasteiger partial charge is 0.399 e. The molecular weight excluding hydrogens is 210 g/mol. The summed E-state index contributed by atoms with van der Waals surface area (Å²) in [5.41, 5.74) is 8.10. The van der Waals surface area contributed by atoms with E-state index in [1.807, 2.05) is 12.1 Å². The normalized spacial score (nSPS) is 24.4. The van der Waals surface area contributed by atoms with Crippen LogP contribution in [0.5, 0.6) is 0 Å². The third kappa shape index (κ3) is 2.21. The average Bonchev–Trinajstić information content (AvgIpc) is 2.33. The Morgan fingerprint density at radius 3 is 2.88 bits per heavy atom. The van der Waals surface area contributed by atoms with Crippen LogP contribution in [-0.2, 0) is 0 Å². The van der Waals surface area contributed by atoms with Crippen molar-refractivity contribution in [2.75, 3.05) is 17.2 Å². The molecule has 0 aromatic heterocycles. The van der Waals surface area contributed by atoms with Crippen LogP contribution in [0.2, 0.25) is 0 Å². The van der Waals surface area contributed by atoms with Crippen LogP contribution in [0.3, 0.4) is 0 Å². The van der Waals surface area contributed by atoms with Gasteiger partial charge in [0.05, 0.1) is 11.3 Å². The fraction of sp³-hybridized carbons (Fsp3) is 0.500. The molecule has 1 aromatic carbocycles. The quantitative estimate of drug-likeness (QED) is 0.753. The Morgan fingerprint density at radius 2 is 2.18 bits per heavy atom. The van der Waals surface area contributed by atoms with Gasteiger partial charge in [-0.3, -0.25) is 0 Å². The molecule has 1 saturated heterocycles. The topological polar surface area (TPSA) is 53.0 Å². The molecule has 0 radical (unpaired) electrons. The highest BCUT2D eigenvalue weighted by atomic mass is 15.2. The summed E-state index contributed by atoms with van der Waals surface area (Å²) in [4.78, 5) is 2.34. The highest BCUT2D eigenvalue weighted by molar-refractivity contribution is 5.65. The maximum atomic E-state index is 9.19. The molecule has 1 fully saturated rings. The molecule has 0 amide bonds. The Balaban J connectivity index is 2.36. The number of nitriles is 1. The highest BCUT2D eigenvalue weighted by Gasteiger charge is 2.26. The van der Waals surface area contributed by atoms with Gasteiger partial charge in [-0.2, -0.15) is 5.26 Å². The van der Waals surface area contributed by atoms with Crippen molar-refractivity contribution < 1.29 is 0 Å². The van der Waals surface area contributed by atoms with Crippen molar-refractivity contribution in [2.45, 2.75) is 32.7 Å². The minimum Gasteiger partial charge on any atom is -0.399 e. The van der Waals surface area contributed by atoms with E-state index in [0.717, 1.165) is 12.2 Å². The van der Waals surface area contributed by atoms with E-state index in [9.17, 15) is 5.26 Å². The van der Waals surface area contributed by atoms with Crippen molar-refractivity contribution in [3.63, 3.8) is 0 Å². The molecule has 0 saturated carbocycles. The Labute approximate surface area is 103 Å². The smallest absolute Gasteiger partial charge is 0.101 e. The average molecular weight is 229 g/mol. The number of nitrogen functional groups attached to an aromatic ring is 1. The van der Waals surface area contributed by atoms with Gasteiger partial charge >= 0.3 is 0 Å². The Bertz CT molecular complexity index is 447. The molecule has 0 spiro atoms. The first-order chi connectivity index (χ1) is 8.13. The summed E-state index contributed by atoms with van der Waals surface area (Å²) in [6.07, 6.45) is 2.47. The number of benzene rings is 1. The molecule has 17 heavy (non-hydrogen) atoms. The van der Waals surface area contributed by atoms with Crippen LogP contribution < -0.4 is 10.6 Å². The third-order valence-electron chi connectivity index (χ3n) is 3.82. The molecule has 0 bridgehead atoms. The molecule has 2 atom stereocenters. The molecule has 2 rings (SSSR count). The van der Waals surface area contributed by atoms with Crippen LogP contribution >= 0.6 is 0 Å². The van der Waals surface area contributed by atoms with Gasteiger partial charge in [-0.05, 0) is 43.9 Å².